The minimum Gasteiger partial charge on any atom is -0.459 e. The lowest BCUT2D eigenvalue weighted by Gasteiger charge is -2.11. The van der Waals surface area contributed by atoms with Crippen LogP contribution in [0.5, 0.6) is 0 Å². The van der Waals surface area contributed by atoms with Crippen molar-refractivity contribution in [3.63, 3.8) is 0 Å². The van der Waals surface area contributed by atoms with Gasteiger partial charge in [-0.2, -0.15) is 0 Å². The molecular weight excluding hydrogens is 258 g/mol. The molecule has 2 aromatic rings. The highest BCUT2D eigenvalue weighted by molar-refractivity contribution is 7.16. The molecular formula is C12H12ClNO2S. The van der Waals surface area contributed by atoms with E-state index in [9.17, 15) is 4.79 Å². The molecule has 0 bridgehead atoms. The van der Waals surface area contributed by atoms with Gasteiger partial charge in [-0.15, -0.1) is 11.3 Å². The van der Waals surface area contributed by atoms with E-state index in [1.165, 1.54) is 17.6 Å². The summed E-state index contributed by atoms with van der Waals surface area (Å²) in [5.74, 6) is 0.157. The van der Waals surface area contributed by atoms with Gasteiger partial charge in [0.25, 0.3) is 5.91 Å². The van der Waals surface area contributed by atoms with Crippen molar-refractivity contribution in [3.05, 3.63) is 45.0 Å². The Morgan fingerprint density at radius 3 is 2.76 bits per heavy atom. The molecule has 0 aliphatic carbocycles. The van der Waals surface area contributed by atoms with Crippen molar-refractivity contribution < 1.29 is 9.21 Å². The molecule has 2 aromatic heterocycles. The first kappa shape index (κ1) is 12.2. The highest BCUT2D eigenvalue weighted by Gasteiger charge is 2.16. The van der Waals surface area contributed by atoms with Crippen LogP contribution in [-0.4, -0.2) is 5.91 Å². The molecule has 0 saturated carbocycles. The van der Waals surface area contributed by atoms with Crippen LogP contribution in [0, 0.1) is 6.92 Å². The summed E-state index contributed by atoms with van der Waals surface area (Å²) in [5.41, 5.74) is 0.832. The van der Waals surface area contributed by atoms with Crippen molar-refractivity contribution in [2.75, 3.05) is 0 Å². The van der Waals surface area contributed by atoms with Gasteiger partial charge in [0.05, 0.1) is 16.6 Å². The number of thiophene rings is 1. The lowest BCUT2D eigenvalue weighted by atomic mass is 10.2. The zero-order chi connectivity index (χ0) is 12.4. The smallest absolute Gasteiger partial charge is 0.287 e. The maximum atomic E-state index is 11.9. The zero-order valence-electron chi connectivity index (χ0n) is 9.49. The quantitative estimate of drug-likeness (QED) is 0.921. The molecule has 3 nitrogen and oxygen atoms in total. The summed E-state index contributed by atoms with van der Waals surface area (Å²) in [7, 11) is 0. The van der Waals surface area contributed by atoms with Crippen molar-refractivity contribution >= 4 is 28.8 Å². The van der Waals surface area contributed by atoms with E-state index in [0.717, 1.165) is 14.8 Å². The summed E-state index contributed by atoms with van der Waals surface area (Å²) in [6.07, 6.45) is 1.51. The van der Waals surface area contributed by atoms with Gasteiger partial charge < -0.3 is 9.73 Å². The highest BCUT2D eigenvalue weighted by Crippen LogP contribution is 2.26. The van der Waals surface area contributed by atoms with E-state index in [4.69, 9.17) is 16.0 Å². The third-order valence-electron chi connectivity index (χ3n) is 2.44. The van der Waals surface area contributed by atoms with Crippen LogP contribution >= 0.6 is 22.9 Å². The molecule has 1 amide bonds. The van der Waals surface area contributed by atoms with Gasteiger partial charge in [0.2, 0.25) is 0 Å². The number of halogens is 1. The Kier molecular flexibility index (Phi) is 3.54. The SMILES string of the molecule is Cc1ccoc1C(=O)N[C@H](C)c1ccc(Cl)s1. The van der Waals surface area contributed by atoms with Gasteiger partial charge in [-0.25, -0.2) is 0 Å². The predicted molar refractivity (Wildman–Crippen MR) is 68.7 cm³/mol. The summed E-state index contributed by atoms with van der Waals surface area (Å²) >= 11 is 7.31. The first-order valence-corrected chi connectivity index (χ1v) is 6.37. The lowest BCUT2D eigenvalue weighted by Crippen LogP contribution is -2.26. The van der Waals surface area contributed by atoms with E-state index >= 15 is 0 Å². The Labute approximate surface area is 108 Å². The summed E-state index contributed by atoms with van der Waals surface area (Å²) in [5, 5.41) is 2.87. The third kappa shape index (κ3) is 2.70. The van der Waals surface area contributed by atoms with E-state index in [0.29, 0.717) is 5.76 Å². The Morgan fingerprint density at radius 2 is 2.24 bits per heavy atom. The van der Waals surface area contributed by atoms with Crippen LogP contribution in [0.1, 0.15) is 34.0 Å². The van der Waals surface area contributed by atoms with Crippen LogP contribution in [-0.2, 0) is 0 Å². The molecule has 0 fully saturated rings. The Morgan fingerprint density at radius 1 is 1.47 bits per heavy atom. The number of carbonyl (C=O) groups excluding carboxylic acids is 1. The molecule has 0 aromatic carbocycles. The maximum absolute atomic E-state index is 11.9. The second-order valence-electron chi connectivity index (χ2n) is 3.77. The normalized spacial score (nSPS) is 12.4. The number of rotatable bonds is 3. The maximum Gasteiger partial charge on any atom is 0.287 e. The Bertz CT molecular complexity index is 532. The predicted octanol–water partition coefficient (Wildman–Crippen LogP) is 3.79. The van der Waals surface area contributed by atoms with E-state index < -0.39 is 0 Å². The fraction of sp³-hybridized carbons (Fsp3) is 0.250. The number of aryl methyl sites for hydroxylation is 1. The van der Waals surface area contributed by atoms with E-state index in [-0.39, 0.29) is 11.9 Å². The van der Waals surface area contributed by atoms with Crippen LogP contribution in [0.3, 0.4) is 0 Å². The van der Waals surface area contributed by atoms with Crippen molar-refractivity contribution in [1.82, 2.24) is 5.32 Å². The minimum atomic E-state index is -0.204. The monoisotopic (exact) mass is 269 g/mol. The van der Waals surface area contributed by atoms with E-state index in [2.05, 4.69) is 5.32 Å². The molecule has 2 rings (SSSR count). The van der Waals surface area contributed by atoms with Crippen molar-refractivity contribution in [1.29, 1.82) is 0 Å². The van der Waals surface area contributed by atoms with Gasteiger partial charge in [-0.3, -0.25) is 4.79 Å². The zero-order valence-corrected chi connectivity index (χ0v) is 11.1. The summed E-state index contributed by atoms with van der Waals surface area (Å²) in [4.78, 5) is 12.9. The standard InChI is InChI=1S/C12H12ClNO2S/c1-7-5-6-16-11(7)12(15)14-8(2)9-3-4-10(13)17-9/h3-6,8H,1-2H3,(H,14,15)/t8-/m1/s1. The molecule has 0 aliphatic heterocycles. The molecule has 2 heterocycles. The minimum absolute atomic E-state index is 0.0792. The molecule has 0 saturated heterocycles. The summed E-state index contributed by atoms with van der Waals surface area (Å²) < 4.78 is 5.85. The number of hydrogen-bond donors (Lipinski definition) is 1. The molecule has 90 valence electrons. The fourth-order valence-corrected chi connectivity index (χ4v) is 2.56. The van der Waals surface area contributed by atoms with Crippen LogP contribution in [0.15, 0.2) is 28.9 Å². The van der Waals surface area contributed by atoms with Crippen molar-refractivity contribution in [2.24, 2.45) is 0 Å². The summed E-state index contributed by atoms with van der Waals surface area (Å²) in [6.45, 7) is 3.75. The largest absolute Gasteiger partial charge is 0.459 e. The van der Waals surface area contributed by atoms with Crippen LogP contribution in [0.25, 0.3) is 0 Å². The van der Waals surface area contributed by atoms with Crippen LogP contribution in [0.2, 0.25) is 4.34 Å². The first-order valence-electron chi connectivity index (χ1n) is 5.18. The molecule has 1 N–H and O–H groups in total. The Balaban J connectivity index is 2.07. The fourth-order valence-electron chi connectivity index (χ4n) is 1.50. The van der Waals surface area contributed by atoms with Gasteiger partial charge in [0, 0.05) is 10.4 Å². The highest BCUT2D eigenvalue weighted by atomic mass is 35.5. The van der Waals surface area contributed by atoms with Crippen molar-refractivity contribution in [3.8, 4) is 0 Å². The molecule has 0 spiro atoms. The second-order valence-corrected chi connectivity index (χ2v) is 5.52. The number of amides is 1. The number of carbonyl (C=O) groups is 1. The molecule has 0 radical (unpaired) electrons. The van der Waals surface area contributed by atoms with Gasteiger partial charge >= 0.3 is 0 Å². The van der Waals surface area contributed by atoms with Gasteiger partial charge in [-0.05, 0) is 32.0 Å². The average Bonchev–Trinajstić information content (AvgIpc) is 2.86. The van der Waals surface area contributed by atoms with Gasteiger partial charge in [0.1, 0.15) is 0 Å². The third-order valence-corrected chi connectivity index (χ3v) is 3.85. The molecule has 0 aliphatic rings. The number of nitrogens with one attached hydrogen (secondary N) is 1. The molecule has 17 heavy (non-hydrogen) atoms. The first-order chi connectivity index (χ1) is 8.08. The topological polar surface area (TPSA) is 42.2 Å². The lowest BCUT2D eigenvalue weighted by molar-refractivity contribution is 0.0911. The number of furan rings is 1. The average molecular weight is 270 g/mol. The van der Waals surface area contributed by atoms with E-state index in [1.807, 2.05) is 26.0 Å². The Hall–Kier alpha value is -1.26. The van der Waals surface area contributed by atoms with Gasteiger partial charge in [-0.1, -0.05) is 11.6 Å². The molecule has 5 heteroatoms. The molecule has 1 atom stereocenters. The number of hydrogen-bond acceptors (Lipinski definition) is 3. The van der Waals surface area contributed by atoms with Gasteiger partial charge in [0.15, 0.2) is 5.76 Å². The van der Waals surface area contributed by atoms with E-state index in [1.54, 1.807) is 6.07 Å². The van der Waals surface area contributed by atoms with Crippen LogP contribution in [0.4, 0.5) is 0 Å². The van der Waals surface area contributed by atoms with Crippen LogP contribution < -0.4 is 5.32 Å². The molecule has 0 unspecified atom stereocenters. The summed E-state index contributed by atoms with van der Waals surface area (Å²) in [6, 6.07) is 5.42. The van der Waals surface area contributed by atoms with Crippen molar-refractivity contribution in [2.45, 2.75) is 19.9 Å². The second kappa shape index (κ2) is 4.94.